The van der Waals surface area contributed by atoms with Crippen molar-refractivity contribution in [2.45, 2.75) is 12.8 Å². The fraction of sp³-hybridized carbons (Fsp3) is 0.250. The van der Waals surface area contributed by atoms with Gasteiger partial charge < -0.3 is 30.6 Å². The normalized spacial score (nSPS) is 13.0. The van der Waals surface area contributed by atoms with Gasteiger partial charge in [-0.05, 0) is 61.4 Å². The van der Waals surface area contributed by atoms with E-state index in [9.17, 15) is 18.8 Å². The fourth-order valence-corrected chi connectivity index (χ4v) is 4.84. The summed E-state index contributed by atoms with van der Waals surface area (Å²) in [6, 6.07) is 13.4. The lowest BCUT2D eigenvalue weighted by molar-refractivity contribution is -0.133. The SMILES string of the molecule is COc1cc2c(Oc3ccc(N(C(=O)C4(C(N)=O)CC4)c4ccc(F)cc4)cc3F)ccnc2cc1OCCNC(=O)NCCCl. The van der Waals surface area contributed by atoms with E-state index in [1.807, 2.05) is 0 Å². The second-order valence-electron chi connectivity index (χ2n) is 10.3. The molecule has 0 spiro atoms. The van der Waals surface area contributed by atoms with E-state index in [-0.39, 0.29) is 54.9 Å². The van der Waals surface area contributed by atoms with E-state index in [2.05, 4.69) is 15.6 Å². The van der Waals surface area contributed by atoms with Crippen molar-refractivity contribution in [3.8, 4) is 23.0 Å². The molecule has 0 aliphatic heterocycles. The minimum atomic E-state index is -1.41. The number of amides is 4. The molecular weight excluding hydrogens is 624 g/mol. The molecule has 14 heteroatoms. The van der Waals surface area contributed by atoms with E-state index >= 15 is 4.39 Å². The zero-order valence-corrected chi connectivity index (χ0v) is 25.4. The number of halogens is 3. The molecule has 11 nitrogen and oxygen atoms in total. The fourth-order valence-electron chi connectivity index (χ4n) is 4.75. The van der Waals surface area contributed by atoms with Gasteiger partial charge in [-0.25, -0.2) is 13.6 Å². The van der Waals surface area contributed by atoms with E-state index in [0.717, 1.165) is 23.1 Å². The maximum atomic E-state index is 15.6. The summed E-state index contributed by atoms with van der Waals surface area (Å²) in [6.07, 6.45) is 2.00. The maximum absolute atomic E-state index is 15.6. The molecule has 1 saturated carbocycles. The highest BCUT2D eigenvalue weighted by Crippen LogP contribution is 2.49. The molecular formula is C32H30ClF2N5O6. The number of nitrogens with one attached hydrogen (secondary N) is 2. The van der Waals surface area contributed by atoms with Gasteiger partial charge in [0.15, 0.2) is 23.1 Å². The van der Waals surface area contributed by atoms with Crippen LogP contribution in [-0.4, -0.2) is 55.5 Å². The number of urea groups is 1. The molecule has 1 fully saturated rings. The molecule has 0 atom stereocenters. The summed E-state index contributed by atoms with van der Waals surface area (Å²) in [4.78, 5) is 42.9. The molecule has 46 heavy (non-hydrogen) atoms. The van der Waals surface area contributed by atoms with E-state index < -0.39 is 28.9 Å². The highest BCUT2D eigenvalue weighted by molar-refractivity contribution is 6.18. The van der Waals surface area contributed by atoms with Crippen LogP contribution in [0.4, 0.5) is 25.0 Å². The smallest absolute Gasteiger partial charge is 0.314 e. The van der Waals surface area contributed by atoms with Gasteiger partial charge in [0.2, 0.25) is 11.8 Å². The number of nitrogens with two attached hydrogens (primary N) is 1. The number of carbonyl (C=O) groups is 3. The van der Waals surface area contributed by atoms with Crippen molar-refractivity contribution < 1.29 is 37.4 Å². The molecule has 0 unspecified atom stereocenters. The van der Waals surface area contributed by atoms with Crippen molar-refractivity contribution in [1.29, 1.82) is 0 Å². The zero-order valence-electron chi connectivity index (χ0n) is 24.6. The Morgan fingerprint density at radius 1 is 0.935 bits per heavy atom. The van der Waals surface area contributed by atoms with Crippen LogP contribution in [0.5, 0.6) is 23.0 Å². The zero-order chi connectivity index (χ0) is 32.8. The number of primary amides is 1. The first-order valence-corrected chi connectivity index (χ1v) is 14.7. The van der Waals surface area contributed by atoms with Gasteiger partial charge in [0, 0.05) is 41.8 Å². The Hall–Kier alpha value is -5.17. The number of alkyl halides is 1. The van der Waals surface area contributed by atoms with Gasteiger partial charge in [-0.15, -0.1) is 11.6 Å². The number of ether oxygens (including phenoxy) is 3. The van der Waals surface area contributed by atoms with Crippen molar-refractivity contribution in [3.63, 3.8) is 0 Å². The van der Waals surface area contributed by atoms with Gasteiger partial charge in [0.05, 0.1) is 24.9 Å². The van der Waals surface area contributed by atoms with E-state index in [1.165, 1.54) is 37.6 Å². The average Bonchev–Trinajstić information content (AvgIpc) is 3.87. The van der Waals surface area contributed by atoms with Crippen LogP contribution in [0.25, 0.3) is 10.9 Å². The monoisotopic (exact) mass is 653 g/mol. The first kappa shape index (κ1) is 32.2. The van der Waals surface area contributed by atoms with Crippen LogP contribution in [0.3, 0.4) is 0 Å². The summed E-state index contributed by atoms with van der Waals surface area (Å²) < 4.78 is 46.5. The molecule has 0 bridgehead atoms. The lowest BCUT2D eigenvalue weighted by Crippen LogP contribution is -2.41. The van der Waals surface area contributed by atoms with Crippen molar-refractivity contribution in [3.05, 3.63) is 78.5 Å². The highest BCUT2D eigenvalue weighted by Gasteiger charge is 2.57. The van der Waals surface area contributed by atoms with Crippen LogP contribution in [0, 0.1) is 17.0 Å². The molecule has 1 heterocycles. The molecule has 5 rings (SSSR count). The van der Waals surface area contributed by atoms with Crippen molar-refractivity contribution in [1.82, 2.24) is 15.6 Å². The molecule has 0 radical (unpaired) electrons. The van der Waals surface area contributed by atoms with Gasteiger partial charge >= 0.3 is 6.03 Å². The molecule has 4 aromatic rings. The standard InChI is InChI=1S/C32H30ClF2N5O6/c1-44-27-17-22-24(18-28(27)45-15-14-39-31(43)38-13-11-33)37-12-8-25(22)46-26-7-6-21(16-23(26)35)40(20-4-2-19(34)3-5-20)30(42)32(9-10-32)29(36)41/h2-8,12,16-18H,9-11,13-15H2,1H3,(H2,36,41)(H2,38,39,43). The lowest BCUT2D eigenvalue weighted by atomic mass is 10.0. The molecule has 240 valence electrons. The van der Waals surface area contributed by atoms with E-state index in [4.69, 9.17) is 31.5 Å². The van der Waals surface area contributed by atoms with Gasteiger partial charge in [-0.1, -0.05) is 0 Å². The Labute approximate surface area is 267 Å². The first-order chi connectivity index (χ1) is 22.2. The van der Waals surface area contributed by atoms with Crippen LogP contribution < -0.4 is 35.5 Å². The Kier molecular flexibility index (Phi) is 9.71. The Morgan fingerprint density at radius 2 is 1.65 bits per heavy atom. The Bertz CT molecular complexity index is 1770. The maximum Gasteiger partial charge on any atom is 0.314 e. The van der Waals surface area contributed by atoms with Gasteiger partial charge in [-0.2, -0.15) is 0 Å². The topological polar surface area (TPSA) is 145 Å². The third-order valence-electron chi connectivity index (χ3n) is 7.32. The molecule has 0 saturated heterocycles. The van der Waals surface area contributed by atoms with Crippen LogP contribution in [0.15, 0.2) is 66.9 Å². The summed E-state index contributed by atoms with van der Waals surface area (Å²) in [5.74, 6) is -1.62. The van der Waals surface area contributed by atoms with Crippen molar-refractivity contribution in [2.75, 3.05) is 37.6 Å². The quantitative estimate of drug-likeness (QED) is 0.103. The number of nitrogens with zero attached hydrogens (tertiary/aromatic N) is 2. The minimum absolute atomic E-state index is 0.100. The Morgan fingerprint density at radius 3 is 2.30 bits per heavy atom. The highest BCUT2D eigenvalue weighted by atomic mass is 35.5. The van der Waals surface area contributed by atoms with Gasteiger partial charge in [0.25, 0.3) is 0 Å². The third kappa shape index (κ3) is 6.89. The van der Waals surface area contributed by atoms with Gasteiger partial charge in [0.1, 0.15) is 23.6 Å². The number of pyridine rings is 1. The van der Waals surface area contributed by atoms with E-state index in [0.29, 0.717) is 34.8 Å². The molecule has 4 N–H and O–H groups in total. The summed E-state index contributed by atoms with van der Waals surface area (Å²) in [6.45, 7) is 0.694. The van der Waals surface area contributed by atoms with Crippen molar-refractivity contribution >= 4 is 51.7 Å². The number of anilines is 2. The van der Waals surface area contributed by atoms with Crippen LogP contribution in [-0.2, 0) is 9.59 Å². The number of aromatic nitrogens is 1. The molecule has 4 amide bonds. The number of rotatable bonds is 13. The van der Waals surface area contributed by atoms with Crippen LogP contribution in [0.2, 0.25) is 0 Å². The van der Waals surface area contributed by atoms with Crippen molar-refractivity contribution in [2.24, 2.45) is 11.1 Å². The number of benzene rings is 3. The molecule has 1 aliphatic rings. The van der Waals surface area contributed by atoms with Crippen LogP contribution in [0.1, 0.15) is 12.8 Å². The second-order valence-corrected chi connectivity index (χ2v) is 10.7. The van der Waals surface area contributed by atoms with Crippen LogP contribution >= 0.6 is 11.6 Å². The summed E-state index contributed by atoms with van der Waals surface area (Å²) in [5, 5.41) is 5.72. The average molecular weight is 654 g/mol. The molecule has 3 aromatic carbocycles. The van der Waals surface area contributed by atoms with E-state index in [1.54, 1.807) is 18.2 Å². The number of methoxy groups -OCH3 is 1. The summed E-state index contributed by atoms with van der Waals surface area (Å²) >= 11 is 5.56. The number of hydrogen-bond donors (Lipinski definition) is 3. The largest absolute Gasteiger partial charge is 0.493 e. The summed E-state index contributed by atoms with van der Waals surface area (Å²) in [5.41, 5.74) is 4.93. The Balaban J connectivity index is 1.38. The minimum Gasteiger partial charge on any atom is -0.493 e. The lowest BCUT2D eigenvalue weighted by Gasteiger charge is -2.26. The second kappa shape index (κ2) is 13.9. The van der Waals surface area contributed by atoms with Gasteiger partial charge in [-0.3, -0.25) is 19.5 Å². The number of carbonyl (C=O) groups excluding carboxylic acids is 3. The first-order valence-electron chi connectivity index (χ1n) is 14.2. The summed E-state index contributed by atoms with van der Waals surface area (Å²) in [7, 11) is 1.46. The molecule has 1 aliphatic carbocycles. The predicted octanol–water partition coefficient (Wildman–Crippen LogP) is 5.16. The third-order valence-corrected chi connectivity index (χ3v) is 7.51. The number of hydrogen-bond acceptors (Lipinski definition) is 7. The predicted molar refractivity (Wildman–Crippen MR) is 167 cm³/mol. The number of fused-ring (bicyclic) bond motifs is 1. The molecule has 1 aromatic heterocycles.